The van der Waals surface area contributed by atoms with Gasteiger partial charge < -0.3 is 10.4 Å². The normalized spacial score (nSPS) is 12.0. The Balaban J connectivity index is 3.46. The van der Waals surface area contributed by atoms with E-state index < -0.39 is 0 Å². The molecular weight excluding hydrogens is 188 g/mol. The maximum atomic E-state index is 8.62. The van der Waals surface area contributed by atoms with Gasteiger partial charge in [-0.25, -0.2) is 0 Å². The molecule has 3 heteroatoms. The summed E-state index contributed by atoms with van der Waals surface area (Å²) in [5, 5.41) is 12.0. The Morgan fingerprint density at radius 2 is 1.60 bits per heavy atom. The zero-order valence-corrected chi connectivity index (χ0v) is 10.8. The average molecular weight is 216 g/mol. The van der Waals surface area contributed by atoms with E-state index >= 15 is 0 Å². The molecule has 92 valence electrons. The third-order valence-electron chi connectivity index (χ3n) is 2.64. The molecule has 0 rings (SSSR count). The highest BCUT2D eigenvalue weighted by atomic mass is 16.2. The molecular formula is C12H28N2O. The summed E-state index contributed by atoms with van der Waals surface area (Å²) >= 11 is 0. The third-order valence-corrected chi connectivity index (χ3v) is 2.64. The van der Waals surface area contributed by atoms with Crippen LogP contribution in [-0.2, 0) is 0 Å². The first-order valence-corrected chi connectivity index (χ1v) is 6.17. The van der Waals surface area contributed by atoms with E-state index in [1.54, 1.807) is 0 Å². The molecule has 0 atom stereocenters. The number of rotatable bonds is 9. The number of nitrogens with zero attached hydrogens (tertiary/aromatic N) is 1. The van der Waals surface area contributed by atoms with Gasteiger partial charge in [-0.2, -0.15) is 0 Å². The van der Waals surface area contributed by atoms with Crippen molar-refractivity contribution in [1.29, 1.82) is 0 Å². The molecule has 0 aliphatic rings. The number of hydrogen-bond donors (Lipinski definition) is 2. The topological polar surface area (TPSA) is 35.5 Å². The summed E-state index contributed by atoms with van der Waals surface area (Å²) in [6, 6.07) is 1.23. The highest BCUT2D eigenvalue weighted by molar-refractivity contribution is 4.68. The molecule has 0 aromatic heterocycles. The molecule has 0 aromatic carbocycles. The molecule has 0 heterocycles. The molecule has 0 fully saturated rings. The molecule has 0 saturated heterocycles. The van der Waals surface area contributed by atoms with Gasteiger partial charge in [-0.3, -0.25) is 4.90 Å². The zero-order valence-electron chi connectivity index (χ0n) is 10.8. The summed E-state index contributed by atoms with van der Waals surface area (Å²) in [5.74, 6) is 0. The van der Waals surface area contributed by atoms with Crippen molar-refractivity contribution in [2.45, 2.75) is 52.6 Å². The lowest BCUT2D eigenvalue weighted by Crippen LogP contribution is -2.41. The summed E-state index contributed by atoms with van der Waals surface area (Å²) in [5.41, 5.74) is 0. The molecule has 0 unspecified atom stereocenters. The lowest BCUT2D eigenvalue weighted by molar-refractivity contribution is 0.176. The molecule has 0 aliphatic carbocycles. The first kappa shape index (κ1) is 14.9. The van der Waals surface area contributed by atoms with Gasteiger partial charge in [0, 0.05) is 31.8 Å². The molecule has 0 amide bonds. The molecule has 3 nitrogen and oxygen atoms in total. The largest absolute Gasteiger partial charge is 0.396 e. The van der Waals surface area contributed by atoms with Gasteiger partial charge in [-0.05, 0) is 47.1 Å². The predicted molar refractivity (Wildman–Crippen MR) is 66.2 cm³/mol. The zero-order chi connectivity index (χ0) is 11.7. The van der Waals surface area contributed by atoms with E-state index in [4.69, 9.17) is 5.11 Å². The number of aliphatic hydroxyl groups excluding tert-OH is 1. The fourth-order valence-electron chi connectivity index (χ4n) is 1.81. The number of unbranched alkanes of at least 4 members (excludes halogenated alkanes) is 1. The van der Waals surface area contributed by atoms with E-state index in [1.807, 2.05) is 0 Å². The Bertz CT molecular complexity index is 130. The minimum Gasteiger partial charge on any atom is -0.396 e. The molecule has 0 radical (unpaired) electrons. The summed E-state index contributed by atoms with van der Waals surface area (Å²) in [6.07, 6.45) is 1.98. The third kappa shape index (κ3) is 7.77. The van der Waals surface area contributed by atoms with E-state index in [0.29, 0.717) is 18.7 Å². The average Bonchev–Trinajstić information content (AvgIpc) is 2.15. The van der Waals surface area contributed by atoms with Crippen LogP contribution in [0.3, 0.4) is 0 Å². The standard InChI is InChI=1S/C12H28N2O/c1-11(2)14(12(3)4)9-8-13-7-5-6-10-15/h11-13,15H,5-10H2,1-4H3. The summed E-state index contributed by atoms with van der Waals surface area (Å²) in [4.78, 5) is 2.49. The van der Waals surface area contributed by atoms with Crippen molar-refractivity contribution in [2.24, 2.45) is 0 Å². The van der Waals surface area contributed by atoms with Crippen molar-refractivity contribution in [3.8, 4) is 0 Å². The summed E-state index contributed by atoms with van der Waals surface area (Å²) < 4.78 is 0. The predicted octanol–water partition coefficient (Wildman–Crippen LogP) is 1.47. The first-order valence-electron chi connectivity index (χ1n) is 6.17. The fourth-order valence-corrected chi connectivity index (χ4v) is 1.81. The van der Waals surface area contributed by atoms with Gasteiger partial charge in [0.25, 0.3) is 0 Å². The summed E-state index contributed by atoms with van der Waals surface area (Å²) in [6.45, 7) is 12.4. The van der Waals surface area contributed by atoms with E-state index in [1.165, 1.54) is 0 Å². The maximum absolute atomic E-state index is 8.62. The number of aliphatic hydroxyl groups is 1. The molecule has 0 aromatic rings. The number of nitrogens with one attached hydrogen (secondary N) is 1. The van der Waals surface area contributed by atoms with Crippen LogP contribution >= 0.6 is 0 Å². The van der Waals surface area contributed by atoms with Crippen LogP contribution in [-0.4, -0.2) is 48.3 Å². The van der Waals surface area contributed by atoms with Crippen molar-refractivity contribution in [3.05, 3.63) is 0 Å². The lowest BCUT2D eigenvalue weighted by atomic mass is 10.2. The Labute approximate surface area is 94.9 Å². The molecule has 15 heavy (non-hydrogen) atoms. The van der Waals surface area contributed by atoms with E-state index in [-0.39, 0.29) is 0 Å². The van der Waals surface area contributed by atoms with E-state index in [2.05, 4.69) is 37.9 Å². The van der Waals surface area contributed by atoms with Crippen LogP contribution in [0.25, 0.3) is 0 Å². The fraction of sp³-hybridized carbons (Fsp3) is 1.00. The van der Waals surface area contributed by atoms with Gasteiger partial charge in [0.1, 0.15) is 0 Å². The maximum Gasteiger partial charge on any atom is 0.0431 e. The van der Waals surface area contributed by atoms with Gasteiger partial charge in [0.05, 0.1) is 0 Å². The summed E-state index contributed by atoms with van der Waals surface area (Å²) in [7, 11) is 0. The van der Waals surface area contributed by atoms with E-state index in [9.17, 15) is 0 Å². The van der Waals surface area contributed by atoms with Crippen LogP contribution in [0, 0.1) is 0 Å². The van der Waals surface area contributed by atoms with Crippen molar-refractivity contribution in [1.82, 2.24) is 10.2 Å². The Kier molecular flexibility index (Phi) is 9.06. The van der Waals surface area contributed by atoms with Gasteiger partial charge in [0.15, 0.2) is 0 Å². The van der Waals surface area contributed by atoms with Crippen LogP contribution < -0.4 is 5.32 Å². The monoisotopic (exact) mass is 216 g/mol. The van der Waals surface area contributed by atoms with Crippen LogP contribution in [0.1, 0.15) is 40.5 Å². The molecule has 0 saturated carbocycles. The second kappa shape index (κ2) is 9.13. The highest BCUT2D eigenvalue weighted by Gasteiger charge is 2.11. The van der Waals surface area contributed by atoms with Crippen LogP contribution in [0.5, 0.6) is 0 Å². The van der Waals surface area contributed by atoms with Crippen molar-refractivity contribution in [3.63, 3.8) is 0 Å². The van der Waals surface area contributed by atoms with E-state index in [0.717, 1.165) is 32.5 Å². The Morgan fingerprint density at radius 3 is 2.07 bits per heavy atom. The van der Waals surface area contributed by atoms with Gasteiger partial charge in [-0.1, -0.05) is 0 Å². The van der Waals surface area contributed by atoms with Crippen LogP contribution in [0.4, 0.5) is 0 Å². The van der Waals surface area contributed by atoms with Crippen molar-refractivity contribution in [2.75, 3.05) is 26.2 Å². The molecule has 0 aliphatic heterocycles. The molecule has 2 N–H and O–H groups in total. The minimum absolute atomic E-state index is 0.311. The smallest absolute Gasteiger partial charge is 0.0431 e. The second-order valence-corrected chi connectivity index (χ2v) is 4.61. The quantitative estimate of drug-likeness (QED) is 0.573. The highest BCUT2D eigenvalue weighted by Crippen LogP contribution is 2.03. The Hall–Kier alpha value is -0.120. The van der Waals surface area contributed by atoms with Crippen molar-refractivity contribution < 1.29 is 5.11 Å². The van der Waals surface area contributed by atoms with Crippen molar-refractivity contribution >= 4 is 0 Å². The van der Waals surface area contributed by atoms with Gasteiger partial charge >= 0.3 is 0 Å². The van der Waals surface area contributed by atoms with Gasteiger partial charge in [0.2, 0.25) is 0 Å². The Morgan fingerprint density at radius 1 is 1.00 bits per heavy atom. The minimum atomic E-state index is 0.311. The first-order chi connectivity index (χ1) is 7.09. The second-order valence-electron chi connectivity index (χ2n) is 4.61. The SMILES string of the molecule is CC(C)N(CCNCCCCO)C(C)C. The lowest BCUT2D eigenvalue weighted by Gasteiger charge is -2.30. The van der Waals surface area contributed by atoms with Crippen LogP contribution in [0.2, 0.25) is 0 Å². The number of hydrogen-bond acceptors (Lipinski definition) is 3. The molecule has 0 bridgehead atoms. The van der Waals surface area contributed by atoms with Gasteiger partial charge in [-0.15, -0.1) is 0 Å². The van der Waals surface area contributed by atoms with Crippen LogP contribution in [0.15, 0.2) is 0 Å². The molecule has 0 spiro atoms.